The van der Waals surface area contributed by atoms with Crippen LogP contribution in [0.25, 0.3) is 0 Å². The van der Waals surface area contributed by atoms with Gasteiger partial charge in [0.15, 0.2) is 11.5 Å². The van der Waals surface area contributed by atoms with Gasteiger partial charge in [-0.1, -0.05) is 41.9 Å². The van der Waals surface area contributed by atoms with E-state index >= 15 is 0 Å². The number of hydrogen-bond acceptors (Lipinski definition) is 4. The highest BCUT2D eigenvalue weighted by Crippen LogP contribution is 2.28. The van der Waals surface area contributed by atoms with Gasteiger partial charge >= 0.3 is 0 Å². The molecule has 0 aliphatic heterocycles. The van der Waals surface area contributed by atoms with E-state index in [-0.39, 0.29) is 0 Å². The minimum atomic E-state index is 0.441. The summed E-state index contributed by atoms with van der Waals surface area (Å²) in [7, 11) is 1.62. The Hall–Kier alpha value is -2.98. The molecule has 0 radical (unpaired) electrons. The van der Waals surface area contributed by atoms with E-state index in [2.05, 4.69) is 10.5 Å². The SMILES string of the molecule is COc1cc(C=NNc2ccccc2)ccc1OCc1ccc(Cl)cc1. The molecule has 0 aliphatic rings. The number of ether oxygens (including phenoxy) is 2. The summed E-state index contributed by atoms with van der Waals surface area (Å²) >= 11 is 5.90. The molecule has 132 valence electrons. The fourth-order valence-corrected chi connectivity index (χ4v) is 2.45. The largest absolute Gasteiger partial charge is 0.493 e. The van der Waals surface area contributed by atoms with Gasteiger partial charge in [-0.15, -0.1) is 0 Å². The van der Waals surface area contributed by atoms with Gasteiger partial charge in [0.25, 0.3) is 0 Å². The van der Waals surface area contributed by atoms with Crippen molar-refractivity contribution in [1.82, 2.24) is 0 Å². The lowest BCUT2D eigenvalue weighted by molar-refractivity contribution is 0.284. The molecule has 0 aliphatic carbocycles. The number of halogens is 1. The zero-order valence-electron chi connectivity index (χ0n) is 14.4. The lowest BCUT2D eigenvalue weighted by Gasteiger charge is -2.11. The summed E-state index contributed by atoms with van der Waals surface area (Å²) < 4.78 is 11.3. The average molecular weight is 367 g/mol. The Morgan fingerprint density at radius 1 is 0.962 bits per heavy atom. The first-order valence-electron chi connectivity index (χ1n) is 8.14. The molecule has 0 spiro atoms. The van der Waals surface area contributed by atoms with E-state index in [1.54, 1.807) is 13.3 Å². The molecule has 0 heterocycles. The molecule has 26 heavy (non-hydrogen) atoms. The highest BCUT2D eigenvalue weighted by Gasteiger charge is 2.05. The number of hydrogen-bond donors (Lipinski definition) is 1. The molecule has 1 N–H and O–H groups in total. The average Bonchev–Trinajstić information content (AvgIpc) is 2.69. The Labute approximate surface area is 158 Å². The van der Waals surface area contributed by atoms with Crippen molar-refractivity contribution >= 4 is 23.5 Å². The zero-order chi connectivity index (χ0) is 18.2. The van der Waals surface area contributed by atoms with Gasteiger partial charge in [0.2, 0.25) is 0 Å². The van der Waals surface area contributed by atoms with E-state index in [1.807, 2.05) is 72.8 Å². The molecular weight excluding hydrogens is 348 g/mol. The molecule has 3 rings (SSSR count). The number of rotatable bonds is 7. The van der Waals surface area contributed by atoms with Crippen LogP contribution in [-0.2, 0) is 6.61 Å². The first-order valence-corrected chi connectivity index (χ1v) is 8.52. The summed E-state index contributed by atoms with van der Waals surface area (Å²) in [5.74, 6) is 1.33. The Morgan fingerprint density at radius 3 is 2.46 bits per heavy atom. The topological polar surface area (TPSA) is 42.8 Å². The van der Waals surface area contributed by atoms with Crippen molar-refractivity contribution in [2.45, 2.75) is 6.61 Å². The van der Waals surface area contributed by atoms with Crippen LogP contribution < -0.4 is 14.9 Å². The molecule has 0 bridgehead atoms. The lowest BCUT2D eigenvalue weighted by Crippen LogP contribution is -1.98. The van der Waals surface area contributed by atoms with Crippen molar-refractivity contribution in [2.75, 3.05) is 12.5 Å². The van der Waals surface area contributed by atoms with Gasteiger partial charge in [-0.3, -0.25) is 5.43 Å². The predicted molar refractivity (Wildman–Crippen MR) is 106 cm³/mol. The van der Waals surface area contributed by atoms with Crippen LogP contribution in [-0.4, -0.2) is 13.3 Å². The van der Waals surface area contributed by atoms with Crippen molar-refractivity contribution < 1.29 is 9.47 Å². The number of para-hydroxylation sites is 1. The number of hydrazone groups is 1. The van der Waals surface area contributed by atoms with Crippen molar-refractivity contribution in [1.29, 1.82) is 0 Å². The van der Waals surface area contributed by atoms with E-state index in [9.17, 15) is 0 Å². The highest BCUT2D eigenvalue weighted by atomic mass is 35.5. The maximum atomic E-state index is 5.90. The fraction of sp³-hybridized carbons (Fsp3) is 0.0952. The molecule has 3 aromatic rings. The molecule has 0 aromatic heterocycles. The summed E-state index contributed by atoms with van der Waals surface area (Å²) in [6.45, 7) is 0.441. The quantitative estimate of drug-likeness (QED) is 0.451. The van der Waals surface area contributed by atoms with E-state index in [0.717, 1.165) is 16.8 Å². The Kier molecular flexibility index (Phi) is 6.12. The van der Waals surface area contributed by atoms with Crippen molar-refractivity contribution in [3.05, 3.63) is 88.9 Å². The maximum absolute atomic E-state index is 5.90. The van der Waals surface area contributed by atoms with Crippen LogP contribution in [0.1, 0.15) is 11.1 Å². The van der Waals surface area contributed by atoms with Crippen LogP contribution >= 0.6 is 11.6 Å². The third kappa shape index (κ3) is 5.01. The zero-order valence-corrected chi connectivity index (χ0v) is 15.1. The fourth-order valence-electron chi connectivity index (χ4n) is 2.32. The van der Waals surface area contributed by atoms with E-state index < -0.39 is 0 Å². The van der Waals surface area contributed by atoms with Crippen molar-refractivity contribution in [3.8, 4) is 11.5 Å². The number of methoxy groups -OCH3 is 1. The van der Waals surface area contributed by atoms with Crippen LogP contribution in [0, 0.1) is 0 Å². The van der Waals surface area contributed by atoms with Gasteiger partial charge in [-0.2, -0.15) is 5.10 Å². The number of benzene rings is 3. The van der Waals surface area contributed by atoms with E-state index in [1.165, 1.54) is 0 Å². The summed E-state index contributed by atoms with van der Waals surface area (Å²) in [6.07, 6.45) is 1.73. The summed E-state index contributed by atoms with van der Waals surface area (Å²) in [6, 6.07) is 23.0. The Morgan fingerprint density at radius 2 is 1.73 bits per heavy atom. The molecule has 0 amide bonds. The molecule has 0 fully saturated rings. The second-order valence-electron chi connectivity index (χ2n) is 5.56. The predicted octanol–water partition coefficient (Wildman–Crippen LogP) is 5.37. The number of anilines is 1. The first kappa shape index (κ1) is 17.8. The Bertz CT molecular complexity index is 865. The van der Waals surface area contributed by atoms with Crippen LogP contribution in [0.4, 0.5) is 5.69 Å². The summed E-state index contributed by atoms with van der Waals surface area (Å²) in [4.78, 5) is 0. The molecule has 0 saturated carbocycles. The molecule has 0 unspecified atom stereocenters. The van der Waals surface area contributed by atoms with Crippen molar-refractivity contribution in [2.24, 2.45) is 5.10 Å². The first-order chi connectivity index (χ1) is 12.7. The molecule has 3 aromatic carbocycles. The van der Waals surface area contributed by atoms with Gasteiger partial charge in [0.05, 0.1) is 19.0 Å². The molecule has 0 saturated heterocycles. The minimum Gasteiger partial charge on any atom is -0.493 e. The van der Waals surface area contributed by atoms with Crippen molar-refractivity contribution in [3.63, 3.8) is 0 Å². The summed E-state index contributed by atoms with van der Waals surface area (Å²) in [5, 5.41) is 4.94. The van der Waals surface area contributed by atoms with Gasteiger partial charge in [0.1, 0.15) is 6.61 Å². The second-order valence-corrected chi connectivity index (χ2v) is 6.00. The summed E-state index contributed by atoms with van der Waals surface area (Å²) in [5.41, 5.74) is 5.86. The van der Waals surface area contributed by atoms with Crippen LogP contribution in [0.5, 0.6) is 11.5 Å². The van der Waals surface area contributed by atoms with Crippen LogP contribution in [0.2, 0.25) is 5.02 Å². The van der Waals surface area contributed by atoms with Gasteiger partial charge in [-0.05, 0) is 53.6 Å². The molecule has 5 heteroatoms. The number of nitrogens with zero attached hydrogens (tertiary/aromatic N) is 1. The minimum absolute atomic E-state index is 0.441. The molecule has 0 atom stereocenters. The van der Waals surface area contributed by atoms with Gasteiger partial charge in [-0.25, -0.2) is 0 Å². The second kappa shape index (κ2) is 8.92. The van der Waals surface area contributed by atoms with Gasteiger partial charge < -0.3 is 9.47 Å². The van der Waals surface area contributed by atoms with Gasteiger partial charge in [0, 0.05) is 5.02 Å². The Balaban J connectivity index is 1.64. The van der Waals surface area contributed by atoms with Crippen LogP contribution in [0.15, 0.2) is 77.9 Å². The van der Waals surface area contributed by atoms with E-state index in [0.29, 0.717) is 23.1 Å². The third-order valence-electron chi connectivity index (χ3n) is 3.68. The third-order valence-corrected chi connectivity index (χ3v) is 3.93. The lowest BCUT2D eigenvalue weighted by atomic mass is 10.2. The normalized spacial score (nSPS) is 10.7. The van der Waals surface area contributed by atoms with Crippen LogP contribution in [0.3, 0.4) is 0 Å². The van der Waals surface area contributed by atoms with E-state index in [4.69, 9.17) is 21.1 Å². The monoisotopic (exact) mass is 366 g/mol. The molecule has 4 nitrogen and oxygen atoms in total. The maximum Gasteiger partial charge on any atom is 0.161 e. The molecular formula is C21H19ClN2O2. The standard InChI is InChI=1S/C21H19ClN2O2/c1-25-21-13-17(14-23-24-19-5-3-2-4-6-19)9-12-20(21)26-15-16-7-10-18(22)11-8-16/h2-14,24H,15H2,1H3. The highest BCUT2D eigenvalue weighted by molar-refractivity contribution is 6.30. The number of nitrogens with one attached hydrogen (secondary N) is 1. The smallest absolute Gasteiger partial charge is 0.161 e.